The average molecular weight is 513 g/mol. The third-order valence-electron chi connectivity index (χ3n) is 7.12. The molecule has 0 aliphatic rings. The first-order chi connectivity index (χ1) is 17.2. The predicted molar refractivity (Wildman–Crippen MR) is 149 cm³/mol. The largest absolute Gasteiger partial charge is 0.456 e. The minimum atomic E-state index is 0.898. The number of hydrogen-bond acceptors (Lipinski definition) is 2. The highest BCUT2D eigenvalue weighted by Crippen LogP contribution is 2.42. The smallest absolute Gasteiger partial charge is 0.143 e. The molecule has 0 bridgehead atoms. The van der Waals surface area contributed by atoms with Crippen molar-refractivity contribution in [1.29, 1.82) is 0 Å². The molecule has 0 spiro atoms. The molecule has 0 saturated carbocycles. The Labute approximate surface area is 208 Å². The first kappa shape index (κ1) is 19.2. The Morgan fingerprint density at radius 1 is 0.457 bits per heavy atom. The van der Waals surface area contributed by atoms with Crippen LogP contribution in [0.15, 0.2) is 116 Å². The maximum Gasteiger partial charge on any atom is 0.143 e. The van der Waals surface area contributed by atoms with Crippen LogP contribution in [0.4, 0.5) is 0 Å². The van der Waals surface area contributed by atoms with Gasteiger partial charge in [0.25, 0.3) is 0 Å². The minimum Gasteiger partial charge on any atom is -0.456 e. The van der Waals surface area contributed by atoms with Crippen molar-refractivity contribution in [3.05, 3.63) is 108 Å². The van der Waals surface area contributed by atoms with E-state index in [0.29, 0.717) is 0 Å². The van der Waals surface area contributed by atoms with Crippen LogP contribution in [0.5, 0.6) is 0 Å². The van der Waals surface area contributed by atoms with Crippen molar-refractivity contribution in [3.8, 4) is 11.1 Å². The number of rotatable bonds is 1. The molecule has 0 aliphatic heterocycles. The second-order valence-corrected chi connectivity index (χ2v) is 9.92. The van der Waals surface area contributed by atoms with Gasteiger partial charge < -0.3 is 8.83 Å². The van der Waals surface area contributed by atoms with Gasteiger partial charge in [-0.25, -0.2) is 0 Å². The van der Waals surface area contributed by atoms with Crippen molar-refractivity contribution in [2.24, 2.45) is 0 Å². The number of halogens is 1. The monoisotopic (exact) mass is 512 g/mol. The lowest BCUT2D eigenvalue weighted by Crippen LogP contribution is -1.82. The zero-order valence-electron chi connectivity index (χ0n) is 18.5. The number of fused-ring (bicyclic) bond motifs is 10. The molecule has 0 unspecified atom stereocenters. The van der Waals surface area contributed by atoms with E-state index in [9.17, 15) is 0 Å². The highest BCUT2D eigenvalue weighted by atomic mass is 79.9. The summed E-state index contributed by atoms with van der Waals surface area (Å²) in [5.74, 6) is 0. The Kier molecular flexibility index (Phi) is 3.83. The van der Waals surface area contributed by atoms with Crippen LogP contribution in [0, 0.1) is 0 Å². The second-order valence-electron chi connectivity index (χ2n) is 9.07. The summed E-state index contributed by atoms with van der Waals surface area (Å²) in [6.07, 6.45) is 0. The average Bonchev–Trinajstić information content (AvgIpc) is 3.46. The Morgan fingerprint density at radius 3 is 2.09 bits per heavy atom. The van der Waals surface area contributed by atoms with E-state index >= 15 is 0 Å². The molecule has 0 N–H and O–H groups in total. The Hall–Kier alpha value is -4.08. The molecule has 3 heteroatoms. The molecule has 0 aliphatic carbocycles. The first-order valence-corrected chi connectivity index (χ1v) is 12.4. The topological polar surface area (TPSA) is 26.3 Å². The molecule has 6 aromatic carbocycles. The fourth-order valence-corrected chi connectivity index (χ4v) is 6.00. The summed E-state index contributed by atoms with van der Waals surface area (Å²) in [5.41, 5.74) is 6.01. The van der Waals surface area contributed by atoms with Crippen LogP contribution in [0.1, 0.15) is 0 Å². The molecule has 0 radical (unpaired) electrons. The maximum absolute atomic E-state index is 6.41. The van der Waals surface area contributed by atoms with Crippen LogP contribution in [-0.4, -0.2) is 0 Å². The maximum atomic E-state index is 6.41. The van der Waals surface area contributed by atoms with Crippen LogP contribution >= 0.6 is 15.9 Å². The van der Waals surface area contributed by atoms with E-state index in [0.717, 1.165) is 53.7 Å². The van der Waals surface area contributed by atoms with Crippen molar-refractivity contribution >= 4 is 81.4 Å². The summed E-state index contributed by atoms with van der Waals surface area (Å²) >= 11 is 3.82. The SMILES string of the molecule is Brc1cc2oc3c4ccccc4ccc3c2c2ccc(-c3ccc4oc5ccccc5c4c3)cc12. The Balaban J connectivity index is 1.39. The van der Waals surface area contributed by atoms with Gasteiger partial charge in [0.05, 0.1) is 0 Å². The summed E-state index contributed by atoms with van der Waals surface area (Å²) in [7, 11) is 0. The van der Waals surface area contributed by atoms with Crippen LogP contribution in [0.2, 0.25) is 0 Å². The van der Waals surface area contributed by atoms with E-state index in [1.54, 1.807) is 0 Å². The molecular formula is C32H17BrO2. The number of furan rings is 2. The first-order valence-electron chi connectivity index (χ1n) is 11.6. The van der Waals surface area contributed by atoms with E-state index in [1.807, 2.05) is 12.1 Å². The summed E-state index contributed by atoms with van der Waals surface area (Å²) in [4.78, 5) is 0. The highest BCUT2D eigenvalue weighted by Gasteiger charge is 2.16. The zero-order valence-corrected chi connectivity index (χ0v) is 20.1. The van der Waals surface area contributed by atoms with Crippen LogP contribution in [0.3, 0.4) is 0 Å². The second kappa shape index (κ2) is 6.97. The Morgan fingerprint density at radius 2 is 1.17 bits per heavy atom. The summed E-state index contributed by atoms with van der Waals surface area (Å²) in [6, 6.07) is 36.2. The summed E-state index contributed by atoms with van der Waals surface area (Å²) < 4.78 is 13.5. The molecule has 0 saturated heterocycles. The lowest BCUT2D eigenvalue weighted by molar-refractivity contribution is 0.669. The van der Waals surface area contributed by atoms with E-state index in [4.69, 9.17) is 8.83 Å². The lowest BCUT2D eigenvalue weighted by atomic mass is 9.97. The molecule has 35 heavy (non-hydrogen) atoms. The molecule has 0 fully saturated rings. The van der Waals surface area contributed by atoms with Gasteiger partial charge in [-0.05, 0) is 63.7 Å². The standard InChI is InChI=1S/C32H17BrO2/c33-27-17-30-31(24-13-9-18-5-1-2-6-21(18)32(24)35-30)23-12-10-19(15-25(23)27)20-11-14-29-26(16-20)22-7-3-4-8-28(22)34-29/h1-17H. The van der Waals surface area contributed by atoms with Crippen molar-refractivity contribution in [2.45, 2.75) is 0 Å². The van der Waals surface area contributed by atoms with E-state index in [2.05, 4.69) is 107 Å². The molecule has 2 heterocycles. The van der Waals surface area contributed by atoms with Crippen LogP contribution in [0.25, 0.3) is 76.5 Å². The van der Waals surface area contributed by atoms with Crippen molar-refractivity contribution in [1.82, 2.24) is 0 Å². The fraction of sp³-hybridized carbons (Fsp3) is 0. The molecule has 8 rings (SSSR count). The third kappa shape index (κ3) is 2.70. The molecule has 164 valence electrons. The van der Waals surface area contributed by atoms with Crippen molar-refractivity contribution in [2.75, 3.05) is 0 Å². The van der Waals surface area contributed by atoms with Gasteiger partial charge in [-0.1, -0.05) is 82.7 Å². The molecule has 2 nitrogen and oxygen atoms in total. The molecule has 0 atom stereocenters. The van der Waals surface area contributed by atoms with E-state index in [-0.39, 0.29) is 0 Å². The lowest BCUT2D eigenvalue weighted by Gasteiger charge is -2.08. The van der Waals surface area contributed by atoms with Gasteiger partial charge >= 0.3 is 0 Å². The van der Waals surface area contributed by atoms with E-state index in [1.165, 1.54) is 27.3 Å². The zero-order chi connectivity index (χ0) is 23.1. The van der Waals surface area contributed by atoms with Crippen molar-refractivity contribution < 1.29 is 8.83 Å². The van der Waals surface area contributed by atoms with Gasteiger partial charge in [-0.3, -0.25) is 0 Å². The number of benzene rings is 6. The minimum absolute atomic E-state index is 0.898. The van der Waals surface area contributed by atoms with E-state index < -0.39 is 0 Å². The van der Waals surface area contributed by atoms with Gasteiger partial charge in [0.1, 0.15) is 22.3 Å². The molecular weight excluding hydrogens is 496 g/mol. The predicted octanol–water partition coefficient (Wildman–Crippen LogP) is 10.2. The highest BCUT2D eigenvalue weighted by molar-refractivity contribution is 9.10. The summed E-state index contributed by atoms with van der Waals surface area (Å²) in [6.45, 7) is 0. The fourth-order valence-electron chi connectivity index (χ4n) is 5.46. The molecule has 8 aromatic rings. The molecule has 0 amide bonds. The Bertz CT molecular complexity index is 2130. The van der Waals surface area contributed by atoms with Gasteiger partial charge in [0, 0.05) is 31.4 Å². The van der Waals surface area contributed by atoms with Gasteiger partial charge in [-0.2, -0.15) is 0 Å². The third-order valence-corrected chi connectivity index (χ3v) is 7.78. The van der Waals surface area contributed by atoms with Crippen molar-refractivity contribution in [3.63, 3.8) is 0 Å². The number of hydrogen-bond donors (Lipinski definition) is 0. The number of para-hydroxylation sites is 1. The quantitative estimate of drug-likeness (QED) is 0.218. The van der Waals surface area contributed by atoms with Crippen LogP contribution in [-0.2, 0) is 0 Å². The van der Waals surface area contributed by atoms with Gasteiger partial charge in [-0.15, -0.1) is 0 Å². The molecule has 2 aromatic heterocycles. The van der Waals surface area contributed by atoms with Gasteiger partial charge in [0.2, 0.25) is 0 Å². The van der Waals surface area contributed by atoms with Crippen LogP contribution < -0.4 is 0 Å². The summed E-state index contributed by atoms with van der Waals surface area (Å²) in [5, 5.41) is 9.27. The van der Waals surface area contributed by atoms with Gasteiger partial charge in [0.15, 0.2) is 0 Å². The normalized spacial score (nSPS) is 12.1.